The van der Waals surface area contributed by atoms with Crippen molar-refractivity contribution in [1.82, 2.24) is 0 Å². The van der Waals surface area contributed by atoms with Crippen LogP contribution in [-0.2, 0) is 4.79 Å². The van der Waals surface area contributed by atoms with Gasteiger partial charge in [0.25, 0.3) is 0 Å². The number of hydrogen-bond donors (Lipinski definition) is 3. The molecule has 1 rings (SSSR count). The molecule has 80 valence electrons. The van der Waals surface area contributed by atoms with E-state index >= 15 is 0 Å². The number of anilines is 1. The number of nitrogens with one attached hydrogen (secondary N) is 2. The van der Waals surface area contributed by atoms with E-state index in [-0.39, 0.29) is 18.2 Å². The van der Waals surface area contributed by atoms with Crippen molar-refractivity contribution < 1.29 is 4.79 Å². The van der Waals surface area contributed by atoms with Crippen LogP contribution in [0.25, 0.3) is 0 Å². The number of halogens is 2. The van der Waals surface area contributed by atoms with Gasteiger partial charge in [0.2, 0.25) is 5.91 Å². The number of benzene rings is 1. The lowest BCUT2D eigenvalue weighted by molar-refractivity contribution is -0.115. The van der Waals surface area contributed by atoms with Crippen LogP contribution in [0.1, 0.15) is 6.42 Å². The van der Waals surface area contributed by atoms with Gasteiger partial charge in [0, 0.05) is 5.02 Å². The van der Waals surface area contributed by atoms with Gasteiger partial charge in [-0.15, -0.1) is 0 Å². The maximum atomic E-state index is 11.2. The van der Waals surface area contributed by atoms with Crippen LogP contribution in [0.3, 0.4) is 0 Å². The third-order valence-corrected chi connectivity index (χ3v) is 2.10. The predicted molar refractivity (Wildman–Crippen MR) is 61.6 cm³/mol. The average Bonchev–Trinajstić information content (AvgIpc) is 2.08. The minimum absolute atomic E-state index is 0.154. The fourth-order valence-electron chi connectivity index (χ4n) is 0.958. The van der Waals surface area contributed by atoms with E-state index in [1.54, 1.807) is 12.1 Å². The number of nitrogens with two attached hydrogens (primary N) is 1. The molecule has 1 amide bonds. The monoisotopic (exact) mass is 245 g/mol. The minimum Gasteiger partial charge on any atom is -0.387 e. The summed E-state index contributed by atoms with van der Waals surface area (Å²) in [5, 5.41) is 10.3. The maximum Gasteiger partial charge on any atom is 0.231 e. The highest BCUT2D eigenvalue weighted by atomic mass is 35.5. The standard InChI is InChI=1S/C9H9Cl2N3O/c10-5-1-2-7(6(11)3-5)14-9(15)4-8(12)13/h1-3H,4H2,(H3,12,13)(H,14,15). The molecule has 6 heteroatoms. The first-order chi connectivity index (χ1) is 6.99. The molecule has 1 aromatic rings. The Morgan fingerprint density at radius 1 is 1.47 bits per heavy atom. The Hall–Kier alpha value is -1.26. The predicted octanol–water partition coefficient (Wildman–Crippen LogP) is 2.26. The molecule has 0 spiro atoms. The molecule has 0 aliphatic heterocycles. The van der Waals surface area contributed by atoms with E-state index in [4.69, 9.17) is 34.3 Å². The summed E-state index contributed by atoms with van der Waals surface area (Å²) >= 11 is 11.5. The fraction of sp³-hybridized carbons (Fsp3) is 0.111. The summed E-state index contributed by atoms with van der Waals surface area (Å²) in [4.78, 5) is 11.2. The number of rotatable bonds is 3. The molecule has 0 bridgehead atoms. The van der Waals surface area contributed by atoms with Crippen LogP contribution in [0, 0.1) is 5.41 Å². The van der Waals surface area contributed by atoms with E-state index in [1.165, 1.54) is 6.07 Å². The summed E-state index contributed by atoms with van der Waals surface area (Å²) in [5.41, 5.74) is 5.53. The maximum absolute atomic E-state index is 11.2. The van der Waals surface area contributed by atoms with E-state index in [9.17, 15) is 4.79 Å². The van der Waals surface area contributed by atoms with Gasteiger partial charge in [-0.05, 0) is 18.2 Å². The van der Waals surface area contributed by atoms with Crippen molar-refractivity contribution in [2.24, 2.45) is 5.73 Å². The van der Waals surface area contributed by atoms with Gasteiger partial charge in [-0.2, -0.15) is 0 Å². The number of amides is 1. The van der Waals surface area contributed by atoms with Crippen molar-refractivity contribution in [1.29, 1.82) is 5.41 Å². The first-order valence-corrected chi connectivity index (χ1v) is 4.82. The number of carbonyl (C=O) groups excluding carboxylic acids is 1. The second kappa shape index (κ2) is 5.00. The molecule has 0 fully saturated rings. The van der Waals surface area contributed by atoms with Crippen molar-refractivity contribution in [2.45, 2.75) is 6.42 Å². The summed E-state index contributed by atoms with van der Waals surface area (Å²) in [6, 6.07) is 4.71. The molecule has 15 heavy (non-hydrogen) atoms. The molecular formula is C9H9Cl2N3O. The van der Waals surface area contributed by atoms with Crippen molar-refractivity contribution in [3.05, 3.63) is 28.2 Å². The SMILES string of the molecule is N=C(N)CC(=O)Nc1ccc(Cl)cc1Cl. The molecule has 1 aromatic carbocycles. The van der Waals surface area contributed by atoms with Crippen LogP contribution in [0.2, 0.25) is 10.0 Å². The summed E-state index contributed by atoms with van der Waals surface area (Å²) in [6.45, 7) is 0. The Balaban J connectivity index is 2.72. The van der Waals surface area contributed by atoms with Gasteiger partial charge in [0.15, 0.2) is 0 Å². The zero-order valence-corrected chi connectivity index (χ0v) is 9.19. The Morgan fingerprint density at radius 2 is 2.13 bits per heavy atom. The molecule has 0 saturated carbocycles. The molecule has 0 aliphatic rings. The highest BCUT2D eigenvalue weighted by molar-refractivity contribution is 6.36. The second-order valence-corrected chi connectivity index (χ2v) is 3.72. The molecule has 0 atom stereocenters. The zero-order valence-electron chi connectivity index (χ0n) is 7.68. The largest absolute Gasteiger partial charge is 0.387 e. The van der Waals surface area contributed by atoms with Crippen molar-refractivity contribution >= 4 is 40.6 Å². The van der Waals surface area contributed by atoms with Gasteiger partial charge in [-0.3, -0.25) is 10.2 Å². The summed E-state index contributed by atoms with van der Waals surface area (Å²) in [6.07, 6.45) is -0.154. The third kappa shape index (κ3) is 3.77. The lowest BCUT2D eigenvalue weighted by Gasteiger charge is -2.06. The molecule has 0 saturated heterocycles. The summed E-state index contributed by atoms with van der Waals surface area (Å²) in [7, 11) is 0. The van der Waals surface area contributed by atoms with Crippen LogP contribution < -0.4 is 11.1 Å². The zero-order chi connectivity index (χ0) is 11.4. The minimum atomic E-state index is -0.383. The van der Waals surface area contributed by atoms with Crippen LogP contribution in [-0.4, -0.2) is 11.7 Å². The van der Waals surface area contributed by atoms with Crippen LogP contribution >= 0.6 is 23.2 Å². The van der Waals surface area contributed by atoms with Crippen LogP contribution in [0.4, 0.5) is 5.69 Å². The van der Waals surface area contributed by atoms with Gasteiger partial charge >= 0.3 is 0 Å². The lowest BCUT2D eigenvalue weighted by Crippen LogP contribution is -2.21. The van der Waals surface area contributed by atoms with E-state index in [0.717, 1.165) is 0 Å². The molecule has 0 aliphatic carbocycles. The molecule has 0 aromatic heterocycles. The molecule has 0 unspecified atom stereocenters. The van der Waals surface area contributed by atoms with E-state index in [1.807, 2.05) is 0 Å². The second-order valence-electron chi connectivity index (χ2n) is 2.87. The fourth-order valence-corrected chi connectivity index (χ4v) is 1.41. The Morgan fingerprint density at radius 3 is 2.67 bits per heavy atom. The highest BCUT2D eigenvalue weighted by Crippen LogP contribution is 2.25. The van der Waals surface area contributed by atoms with Gasteiger partial charge in [0.1, 0.15) is 5.84 Å². The van der Waals surface area contributed by atoms with Gasteiger partial charge in [0.05, 0.1) is 17.1 Å². The number of amidine groups is 1. The number of hydrogen-bond acceptors (Lipinski definition) is 2. The highest BCUT2D eigenvalue weighted by Gasteiger charge is 2.07. The molecular weight excluding hydrogens is 237 g/mol. The van der Waals surface area contributed by atoms with E-state index < -0.39 is 0 Å². The first-order valence-electron chi connectivity index (χ1n) is 4.07. The molecule has 4 N–H and O–H groups in total. The Kier molecular flexibility index (Phi) is 3.94. The molecule has 0 radical (unpaired) electrons. The Labute approximate surface area is 96.9 Å². The van der Waals surface area contributed by atoms with Crippen molar-refractivity contribution in [3.8, 4) is 0 Å². The van der Waals surface area contributed by atoms with Crippen molar-refractivity contribution in [3.63, 3.8) is 0 Å². The number of carbonyl (C=O) groups is 1. The van der Waals surface area contributed by atoms with Gasteiger partial charge in [-0.25, -0.2) is 0 Å². The van der Waals surface area contributed by atoms with E-state index in [2.05, 4.69) is 5.32 Å². The normalized spacial score (nSPS) is 9.73. The summed E-state index contributed by atoms with van der Waals surface area (Å²) in [5.74, 6) is -0.579. The quantitative estimate of drug-likeness (QED) is 0.564. The van der Waals surface area contributed by atoms with Crippen LogP contribution in [0.15, 0.2) is 18.2 Å². The molecule has 0 heterocycles. The first kappa shape index (κ1) is 11.8. The summed E-state index contributed by atoms with van der Waals surface area (Å²) < 4.78 is 0. The van der Waals surface area contributed by atoms with Gasteiger partial charge in [-0.1, -0.05) is 23.2 Å². The topological polar surface area (TPSA) is 79.0 Å². The molecule has 4 nitrogen and oxygen atoms in total. The lowest BCUT2D eigenvalue weighted by atomic mass is 10.3. The average molecular weight is 246 g/mol. The smallest absolute Gasteiger partial charge is 0.231 e. The Bertz CT molecular complexity index is 406. The van der Waals surface area contributed by atoms with Gasteiger partial charge < -0.3 is 11.1 Å². The van der Waals surface area contributed by atoms with Crippen LogP contribution in [0.5, 0.6) is 0 Å². The van der Waals surface area contributed by atoms with E-state index in [0.29, 0.717) is 15.7 Å². The van der Waals surface area contributed by atoms with Crippen molar-refractivity contribution in [2.75, 3.05) is 5.32 Å². The third-order valence-electron chi connectivity index (χ3n) is 1.56.